The zero-order valence-corrected chi connectivity index (χ0v) is 14.7. The molecule has 2 N–H and O–H groups in total. The zero-order chi connectivity index (χ0) is 17.9. The van der Waals surface area contributed by atoms with Crippen LogP contribution >= 0.6 is 11.6 Å². The van der Waals surface area contributed by atoms with Gasteiger partial charge in [-0.1, -0.05) is 17.7 Å². The van der Waals surface area contributed by atoms with Crippen LogP contribution in [0.2, 0.25) is 5.02 Å². The fourth-order valence-corrected chi connectivity index (χ4v) is 2.14. The minimum absolute atomic E-state index is 0.270. The van der Waals surface area contributed by atoms with Crippen LogP contribution in [-0.2, 0) is 0 Å². The van der Waals surface area contributed by atoms with E-state index in [1.807, 2.05) is 30.3 Å². The fraction of sp³-hybridized carbons (Fsp3) is 0.278. The van der Waals surface area contributed by atoms with E-state index in [0.717, 1.165) is 11.5 Å². The highest BCUT2D eigenvalue weighted by Gasteiger charge is 2.00. The lowest BCUT2D eigenvalue weighted by atomic mass is 10.3. The summed E-state index contributed by atoms with van der Waals surface area (Å²) in [6.45, 7) is 1.51. The molecule has 0 unspecified atom stereocenters. The van der Waals surface area contributed by atoms with Crippen molar-refractivity contribution in [1.29, 1.82) is 0 Å². The summed E-state index contributed by atoms with van der Waals surface area (Å²) in [5.74, 6) is 2.16. The third-order valence-corrected chi connectivity index (χ3v) is 3.40. The highest BCUT2D eigenvalue weighted by molar-refractivity contribution is 6.30. The average Bonchev–Trinajstić information content (AvgIpc) is 2.63. The normalized spacial score (nSPS) is 10.0. The molecule has 7 heteroatoms. The smallest absolute Gasteiger partial charge is 0.315 e. The van der Waals surface area contributed by atoms with Crippen molar-refractivity contribution >= 4 is 17.6 Å². The van der Waals surface area contributed by atoms with Crippen molar-refractivity contribution in [1.82, 2.24) is 10.6 Å². The van der Waals surface area contributed by atoms with Crippen LogP contribution in [0.15, 0.2) is 48.5 Å². The van der Waals surface area contributed by atoms with E-state index in [4.69, 9.17) is 25.8 Å². The molecular formula is C18H21ClN2O4. The van der Waals surface area contributed by atoms with Crippen molar-refractivity contribution in [2.45, 2.75) is 0 Å². The second-order valence-corrected chi connectivity index (χ2v) is 5.45. The Morgan fingerprint density at radius 3 is 2.12 bits per heavy atom. The van der Waals surface area contributed by atoms with Crippen LogP contribution in [0.5, 0.6) is 17.2 Å². The first-order valence-corrected chi connectivity index (χ1v) is 8.22. The molecule has 0 spiro atoms. The van der Waals surface area contributed by atoms with Crippen molar-refractivity contribution in [3.63, 3.8) is 0 Å². The van der Waals surface area contributed by atoms with E-state index in [9.17, 15) is 4.79 Å². The summed E-state index contributed by atoms with van der Waals surface area (Å²) >= 11 is 5.86. The molecule has 2 amide bonds. The van der Waals surface area contributed by atoms with Gasteiger partial charge in [0.1, 0.15) is 30.5 Å². The maximum absolute atomic E-state index is 11.6. The number of halogens is 1. The van der Waals surface area contributed by atoms with Gasteiger partial charge in [0.25, 0.3) is 0 Å². The van der Waals surface area contributed by atoms with Crippen molar-refractivity contribution in [2.24, 2.45) is 0 Å². The molecule has 0 saturated carbocycles. The standard InChI is InChI=1S/C18H21ClN2O4/c1-23-15-5-7-16(8-6-15)24-11-9-20-18(22)21-10-12-25-17-4-2-3-14(19)13-17/h2-8,13H,9-12H2,1H3,(H2,20,21,22). The van der Waals surface area contributed by atoms with E-state index in [1.165, 1.54) is 0 Å². The van der Waals surface area contributed by atoms with Crippen LogP contribution < -0.4 is 24.8 Å². The summed E-state index contributed by atoms with van der Waals surface area (Å²) in [6, 6.07) is 14.1. The number of carbonyl (C=O) groups is 1. The number of rotatable bonds is 9. The third-order valence-electron chi connectivity index (χ3n) is 3.17. The second-order valence-electron chi connectivity index (χ2n) is 5.01. The van der Waals surface area contributed by atoms with Crippen molar-refractivity contribution in [3.05, 3.63) is 53.6 Å². The molecule has 2 aromatic carbocycles. The van der Waals surface area contributed by atoms with Gasteiger partial charge in [-0.2, -0.15) is 0 Å². The van der Waals surface area contributed by atoms with Gasteiger partial charge < -0.3 is 24.8 Å². The first-order chi connectivity index (χ1) is 12.2. The summed E-state index contributed by atoms with van der Waals surface area (Å²) in [5, 5.41) is 6.02. The number of benzene rings is 2. The average molecular weight is 365 g/mol. The van der Waals surface area contributed by atoms with E-state index in [1.54, 1.807) is 25.3 Å². The Bertz CT molecular complexity index is 664. The molecule has 2 aromatic rings. The van der Waals surface area contributed by atoms with Crippen LogP contribution in [0.3, 0.4) is 0 Å². The minimum atomic E-state index is -0.270. The molecule has 2 rings (SSSR count). The summed E-state index contributed by atoms with van der Waals surface area (Å²) in [7, 11) is 1.61. The van der Waals surface area contributed by atoms with Crippen LogP contribution in [-0.4, -0.2) is 39.4 Å². The number of amides is 2. The molecule has 0 atom stereocenters. The predicted octanol–water partition coefficient (Wildman–Crippen LogP) is 3.11. The van der Waals surface area contributed by atoms with Crippen molar-refractivity contribution < 1.29 is 19.0 Å². The van der Waals surface area contributed by atoms with Gasteiger partial charge in [0.15, 0.2) is 0 Å². The molecule has 0 bridgehead atoms. The van der Waals surface area contributed by atoms with Crippen LogP contribution in [0.25, 0.3) is 0 Å². The molecule has 0 heterocycles. The van der Waals surface area contributed by atoms with Gasteiger partial charge in [-0.15, -0.1) is 0 Å². The SMILES string of the molecule is COc1ccc(OCCNC(=O)NCCOc2cccc(Cl)c2)cc1. The van der Waals surface area contributed by atoms with Crippen LogP contribution in [0.1, 0.15) is 0 Å². The molecule has 0 saturated heterocycles. The molecule has 134 valence electrons. The van der Waals surface area contributed by atoms with Gasteiger partial charge in [-0.3, -0.25) is 0 Å². The van der Waals surface area contributed by atoms with Crippen molar-refractivity contribution in [2.75, 3.05) is 33.4 Å². The largest absolute Gasteiger partial charge is 0.497 e. The van der Waals surface area contributed by atoms with Gasteiger partial charge >= 0.3 is 6.03 Å². The highest BCUT2D eigenvalue weighted by Crippen LogP contribution is 2.17. The minimum Gasteiger partial charge on any atom is -0.497 e. The predicted molar refractivity (Wildman–Crippen MR) is 96.8 cm³/mol. The topological polar surface area (TPSA) is 68.8 Å². The molecule has 0 aliphatic carbocycles. The monoisotopic (exact) mass is 364 g/mol. The Hall–Kier alpha value is -2.60. The summed E-state index contributed by atoms with van der Waals surface area (Å²) in [4.78, 5) is 11.6. The first-order valence-electron chi connectivity index (χ1n) is 7.84. The van der Waals surface area contributed by atoms with Gasteiger partial charge in [0, 0.05) is 5.02 Å². The lowest BCUT2D eigenvalue weighted by Gasteiger charge is -2.10. The zero-order valence-electron chi connectivity index (χ0n) is 14.0. The van der Waals surface area contributed by atoms with Gasteiger partial charge in [0.05, 0.1) is 20.2 Å². The molecule has 0 fully saturated rings. The molecule has 25 heavy (non-hydrogen) atoms. The van der Waals surface area contributed by atoms with Gasteiger partial charge in [-0.05, 0) is 42.5 Å². The summed E-state index contributed by atoms with van der Waals surface area (Å²) in [6.07, 6.45) is 0. The molecule has 0 aliphatic heterocycles. The number of hydrogen-bond donors (Lipinski definition) is 2. The summed E-state index contributed by atoms with van der Waals surface area (Å²) in [5.41, 5.74) is 0. The first kappa shape index (κ1) is 18.7. The Morgan fingerprint density at radius 1 is 0.920 bits per heavy atom. The number of urea groups is 1. The van der Waals surface area contributed by atoms with Crippen LogP contribution in [0.4, 0.5) is 4.79 Å². The third kappa shape index (κ3) is 7.22. The Labute approximate surface area is 152 Å². The maximum Gasteiger partial charge on any atom is 0.315 e. The number of carbonyl (C=O) groups excluding carboxylic acids is 1. The van der Waals surface area contributed by atoms with Crippen molar-refractivity contribution in [3.8, 4) is 17.2 Å². The van der Waals surface area contributed by atoms with Crippen LogP contribution in [0, 0.1) is 0 Å². The highest BCUT2D eigenvalue weighted by atomic mass is 35.5. The molecule has 0 aromatic heterocycles. The van der Waals surface area contributed by atoms with E-state index >= 15 is 0 Å². The Morgan fingerprint density at radius 2 is 1.52 bits per heavy atom. The number of ether oxygens (including phenoxy) is 3. The van der Waals surface area contributed by atoms with E-state index < -0.39 is 0 Å². The molecular weight excluding hydrogens is 344 g/mol. The van der Waals surface area contributed by atoms with E-state index in [2.05, 4.69) is 10.6 Å². The second kappa shape index (κ2) is 10.3. The number of hydrogen-bond acceptors (Lipinski definition) is 4. The van der Waals surface area contributed by atoms with Gasteiger partial charge in [-0.25, -0.2) is 4.79 Å². The quantitative estimate of drug-likeness (QED) is 0.671. The summed E-state index contributed by atoms with van der Waals surface area (Å²) < 4.78 is 16.1. The lowest BCUT2D eigenvalue weighted by Crippen LogP contribution is -2.39. The number of methoxy groups -OCH3 is 1. The Balaban J connectivity index is 1.53. The van der Waals surface area contributed by atoms with E-state index in [-0.39, 0.29) is 6.03 Å². The molecule has 6 nitrogen and oxygen atoms in total. The Kier molecular flexibility index (Phi) is 7.72. The van der Waals surface area contributed by atoms with E-state index in [0.29, 0.717) is 37.1 Å². The fourth-order valence-electron chi connectivity index (χ4n) is 1.96. The molecule has 0 aliphatic rings. The van der Waals surface area contributed by atoms with Gasteiger partial charge in [0.2, 0.25) is 0 Å². The molecule has 0 radical (unpaired) electrons. The lowest BCUT2D eigenvalue weighted by molar-refractivity contribution is 0.232. The maximum atomic E-state index is 11.6. The number of nitrogens with one attached hydrogen (secondary N) is 2.